The maximum absolute atomic E-state index is 12.0. The molecule has 0 fully saturated rings. The Kier molecular flexibility index (Phi) is 4.60. The van der Waals surface area contributed by atoms with Gasteiger partial charge in [0, 0.05) is 18.0 Å². The summed E-state index contributed by atoms with van der Waals surface area (Å²) < 4.78 is 6.91. The molecule has 20 heavy (non-hydrogen) atoms. The zero-order valence-electron chi connectivity index (χ0n) is 11.9. The number of esters is 1. The molecule has 6 heteroatoms. The average molecular weight is 296 g/mol. The molecule has 1 atom stereocenters. The van der Waals surface area contributed by atoms with Crippen LogP contribution >= 0.6 is 11.6 Å². The van der Waals surface area contributed by atoms with Crippen molar-refractivity contribution in [1.82, 2.24) is 14.5 Å². The van der Waals surface area contributed by atoms with E-state index in [1.54, 1.807) is 13.8 Å². The monoisotopic (exact) mass is 295 g/mol. The van der Waals surface area contributed by atoms with Crippen molar-refractivity contribution in [3.8, 4) is 0 Å². The molecule has 0 aliphatic carbocycles. The minimum absolute atomic E-state index is 0.286. The van der Waals surface area contributed by atoms with Gasteiger partial charge < -0.3 is 4.74 Å². The molecule has 0 aromatic carbocycles. The first-order chi connectivity index (χ1) is 9.58. The first-order valence-electron chi connectivity index (χ1n) is 6.65. The Morgan fingerprint density at radius 2 is 2.20 bits per heavy atom. The van der Waals surface area contributed by atoms with Crippen molar-refractivity contribution >= 4 is 28.7 Å². The van der Waals surface area contributed by atoms with Crippen LogP contribution in [-0.4, -0.2) is 33.0 Å². The number of rotatable bonds is 5. The number of ether oxygens (including phenoxy) is 1. The highest BCUT2D eigenvalue weighted by Crippen LogP contribution is 2.21. The molecular formula is C14H18ClN3O2. The second-order valence-corrected chi connectivity index (χ2v) is 4.94. The van der Waals surface area contributed by atoms with Crippen LogP contribution in [0.15, 0.2) is 12.1 Å². The Morgan fingerprint density at radius 1 is 1.45 bits per heavy atom. The van der Waals surface area contributed by atoms with Crippen molar-refractivity contribution in [2.45, 2.75) is 33.2 Å². The normalized spacial score (nSPS) is 12.6. The molecule has 0 radical (unpaired) electrons. The summed E-state index contributed by atoms with van der Waals surface area (Å²) in [6, 6.07) is 3.34. The predicted molar refractivity (Wildman–Crippen MR) is 78.0 cm³/mol. The Hall–Kier alpha value is -1.62. The van der Waals surface area contributed by atoms with Gasteiger partial charge in [0.1, 0.15) is 17.4 Å². The molecule has 2 rings (SSSR count). The van der Waals surface area contributed by atoms with E-state index in [-0.39, 0.29) is 5.97 Å². The largest absolute Gasteiger partial charge is 0.464 e. The number of fused-ring (bicyclic) bond motifs is 1. The van der Waals surface area contributed by atoms with Gasteiger partial charge in [-0.05, 0) is 32.9 Å². The molecule has 0 N–H and O–H groups in total. The van der Waals surface area contributed by atoms with Crippen LogP contribution in [0.5, 0.6) is 0 Å². The Labute approximate surface area is 122 Å². The minimum atomic E-state index is -0.465. The lowest BCUT2D eigenvalue weighted by atomic mass is 10.3. The molecule has 0 aliphatic heterocycles. The molecule has 0 aliphatic rings. The van der Waals surface area contributed by atoms with Crippen LogP contribution in [-0.2, 0) is 16.0 Å². The number of halogens is 1. The zero-order valence-corrected chi connectivity index (χ0v) is 12.6. The maximum atomic E-state index is 12.0. The van der Waals surface area contributed by atoms with E-state index >= 15 is 0 Å². The summed E-state index contributed by atoms with van der Waals surface area (Å²) in [5, 5.41) is 0. The van der Waals surface area contributed by atoms with Crippen molar-refractivity contribution in [2.75, 3.05) is 12.5 Å². The molecule has 108 valence electrons. The number of alkyl halides is 1. The van der Waals surface area contributed by atoms with Crippen molar-refractivity contribution in [3.63, 3.8) is 0 Å². The van der Waals surface area contributed by atoms with Gasteiger partial charge in [0.15, 0.2) is 5.65 Å². The summed E-state index contributed by atoms with van der Waals surface area (Å²) >= 11 is 5.82. The fraction of sp³-hybridized carbons (Fsp3) is 0.500. The van der Waals surface area contributed by atoms with E-state index in [0.29, 0.717) is 24.6 Å². The number of carbonyl (C=O) groups is 1. The van der Waals surface area contributed by atoms with Crippen LogP contribution in [0, 0.1) is 6.92 Å². The summed E-state index contributed by atoms with van der Waals surface area (Å²) in [4.78, 5) is 21.0. The van der Waals surface area contributed by atoms with E-state index in [1.165, 1.54) is 0 Å². The standard InChI is InChI=1S/C14H18ClN3O2/c1-4-20-14(19)10(3)18-12(7-8-15)17-11-6-5-9(2)16-13(11)18/h5-6,10H,4,7-8H2,1-3H3. The van der Waals surface area contributed by atoms with Gasteiger partial charge in [-0.25, -0.2) is 14.8 Å². The van der Waals surface area contributed by atoms with E-state index in [1.807, 2.05) is 23.6 Å². The van der Waals surface area contributed by atoms with E-state index in [0.717, 1.165) is 17.0 Å². The first kappa shape index (κ1) is 14.8. The van der Waals surface area contributed by atoms with Gasteiger partial charge in [-0.2, -0.15) is 0 Å². The van der Waals surface area contributed by atoms with E-state index in [4.69, 9.17) is 16.3 Å². The quantitative estimate of drug-likeness (QED) is 0.628. The fourth-order valence-corrected chi connectivity index (χ4v) is 2.32. The molecule has 2 heterocycles. The molecule has 0 spiro atoms. The van der Waals surface area contributed by atoms with Gasteiger partial charge in [-0.1, -0.05) is 0 Å². The molecule has 0 bridgehead atoms. The topological polar surface area (TPSA) is 57.0 Å². The van der Waals surface area contributed by atoms with Crippen LogP contribution < -0.4 is 0 Å². The van der Waals surface area contributed by atoms with E-state index in [2.05, 4.69) is 9.97 Å². The van der Waals surface area contributed by atoms with Crippen molar-refractivity contribution in [3.05, 3.63) is 23.7 Å². The molecule has 0 saturated heterocycles. The third-order valence-corrected chi connectivity index (χ3v) is 3.27. The highest BCUT2D eigenvalue weighted by atomic mass is 35.5. The van der Waals surface area contributed by atoms with Crippen LogP contribution in [0.3, 0.4) is 0 Å². The lowest BCUT2D eigenvalue weighted by Crippen LogP contribution is -2.21. The Morgan fingerprint density at radius 3 is 2.85 bits per heavy atom. The van der Waals surface area contributed by atoms with Crippen molar-refractivity contribution in [1.29, 1.82) is 0 Å². The third kappa shape index (κ3) is 2.77. The van der Waals surface area contributed by atoms with Crippen LogP contribution in [0.25, 0.3) is 11.2 Å². The molecular weight excluding hydrogens is 278 g/mol. The van der Waals surface area contributed by atoms with Gasteiger partial charge in [0.05, 0.1) is 6.61 Å². The predicted octanol–water partition coefficient (Wildman–Crippen LogP) is 2.65. The fourth-order valence-electron chi connectivity index (χ4n) is 2.15. The van der Waals surface area contributed by atoms with E-state index in [9.17, 15) is 4.79 Å². The molecule has 1 unspecified atom stereocenters. The Balaban J connectivity index is 2.55. The summed E-state index contributed by atoms with van der Waals surface area (Å²) in [5.41, 5.74) is 2.35. The number of hydrogen-bond acceptors (Lipinski definition) is 4. The van der Waals surface area contributed by atoms with Gasteiger partial charge in [-0.15, -0.1) is 11.6 Å². The molecule has 0 saturated carbocycles. The maximum Gasteiger partial charge on any atom is 0.328 e. The van der Waals surface area contributed by atoms with Crippen molar-refractivity contribution in [2.24, 2.45) is 0 Å². The number of imidazole rings is 1. The second kappa shape index (κ2) is 6.22. The lowest BCUT2D eigenvalue weighted by molar-refractivity contribution is -0.146. The SMILES string of the molecule is CCOC(=O)C(C)n1c(CCCl)nc2ccc(C)nc21. The van der Waals surface area contributed by atoms with Gasteiger partial charge in [0.2, 0.25) is 0 Å². The smallest absolute Gasteiger partial charge is 0.328 e. The van der Waals surface area contributed by atoms with Crippen LogP contribution in [0.1, 0.15) is 31.4 Å². The number of hydrogen-bond donors (Lipinski definition) is 0. The van der Waals surface area contributed by atoms with E-state index < -0.39 is 6.04 Å². The van der Waals surface area contributed by atoms with Gasteiger partial charge in [-0.3, -0.25) is 4.57 Å². The highest BCUT2D eigenvalue weighted by molar-refractivity contribution is 6.17. The van der Waals surface area contributed by atoms with Crippen molar-refractivity contribution < 1.29 is 9.53 Å². The lowest BCUT2D eigenvalue weighted by Gasteiger charge is -2.15. The molecule has 5 nitrogen and oxygen atoms in total. The first-order valence-corrected chi connectivity index (χ1v) is 7.19. The summed E-state index contributed by atoms with van der Waals surface area (Å²) in [7, 11) is 0. The average Bonchev–Trinajstić information content (AvgIpc) is 2.76. The zero-order chi connectivity index (χ0) is 14.7. The minimum Gasteiger partial charge on any atom is -0.464 e. The number of aryl methyl sites for hydroxylation is 2. The molecule has 2 aromatic heterocycles. The number of pyridine rings is 1. The summed E-state index contributed by atoms with van der Waals surface area (Å²) in [6.45, 7) is 5.85. The Bertz CT molecular complexity index is 624. The number of aromatic nitrogens is 3. The highest BCUT2D eigenvalue weighted by Gasteiger charge is 2.23. The number of carbonyl (C=O) groups excluding carboxylic acids is 1. The van der Waals surface area contributed by atoms with Crippen LogP contribution in [0.4, 0.5) is 0 Å². The van der Waals surface area contributed by atoms with Gasteiger partial charge in [0.25, 0.3) is 0 Å². The second-order valence-electron chi connectivity index (χ2n) is 4.56. The number of nitrogens with zero attached hydrogens (tertiary/aromatic N) is 3. The molecule has 2 aromatic rings. The van der Waals surface area contributed by atoms with Crippen LogP contribution in [0.2, 0.25) is 0 Å². The molecule has 0 amide bonds. The van der Waals surface area contributed by atoms with Gasteiger partial charge >= 0.3 is 5.97 Å². The third-order valence-electron chi connectivity index (χ3n) is 3.08. The summed E-state index contributed by atoms with van der Waals surface area (Å²) in [5.74, 6) is 0.914. The summed E-state index contributed by atoms with van der Waals surface area (Å²) in [6.07, 6.45) is 0.584.